The van der Waals surface area contributed by atoms with Crippen LogP contribution in [-0.4, -0.2) is 116 Å². The van der Waals surface area contributed by atoms with Gasteiger partial charge in [-0.1, -0.05) is 64.1 Å². The summed E-state index contributed by atoms with van der Waals surface area (Å²) in [6.45, 7) is 7.45. The zero-order valence-corrected chi connectivity index (χ0v) is 51.6. The molecule has 3 aliphatic heterocycles. The lowest BCUT2D eigenvalue weighted by atomic mass is 9.85. The molecule has 6 heterocycles. The molecule has 474 valence electrons. The summed E-state index contributed by atoms with van der Waals surface area (Å²) in [5.41, 5.74) is 2.34. The number of pyridine rings is 2. The first-order valence-corrected chi connectivity index (χ1v) is 31.4. The summed E-state index contributed by atoms with van der Waals surface area (Å²) >= 11 is 5.72. The summed E-state index contributed by atoms with van der Waals surface area (Å²) in [6, 6.07) is 23.2. The predicted octanol–water partition coefficient (Wildman–Crippen LogP) is 6.75. The van der Waals surface area contributed by atoms with Crippen LogP contribution in [0.5, 0.6) is 0 Å². The Morgan fingerprint density at radius 1 is 0.857 bits per heavy atom. The van der Waals surface area contributed by atoms with Crippen molar-refractivity contribution in [3.8, 4) is 11.4 Å². The van der Waals surface area contributed by atoms with Crippen LogP contribution in [0.4, 0.5) is 32.3 Å². The van der Waals surface area contributed by atoms with E-state index in [0.717, 1.165) is 10.9 Å². The normalized spacial score (nSPS) is 16.6. The van der Waals surface area contributed by atoms with Gasteiger partial charge in [-0.3, -0.25) is 23.9 Å². The van der Waals surface area contributed by atoms with Crippen molar-refractivity contribution < 1.29 is 56.6 Å². The third-order valence-corrected chi connectivity index (χ3v) is 17.5. The van der Waals surface area contributed by atoms with Crippen molar-refractivity contribution >= 4 is 103 Å². The Hall–Kier alpha value is -10.2. The fourth-order valence-electron chi connectivity index (χ4n) is 11.3. The maximum absolute atomic E-state index is 14.7. The molecule has 28 heteroatoms. The second-order valence-corrected chi connectivity index (χ2v) is 24.6. The van der Waals surface area contributed by atoms with Gasteiger partial charge in [-0.05, 0) is 122 Å². The van der Waals surface area contributed by atoms with E-state index in [1.165, 1.54) is 59.8 Å². The Morgan fingerprint density at radius 2 is 1.59 bits per heavy atom. The number of carbonyl (C=O) groups is 7. The van der Waals surface area contributed by atoms with Crippen LogP contribution >= 0.6 is 12.2 Å². The number of aromatic nitrogens is 4. The van der Waals surface area contributed by atoms with E-state index >= 15 is 0 Å². The van der Waals surface area contributed by atoms with E-state index in [2.05, 4.69) is 51.9 Å². The number of carboxylic acids is 1. The zero-order valence-electron chi connectivity index (χ0n) is 50.0. The van der Waals surface area contributed by atoms with E-state index < -0.39 is 99.5 Å². The van der Waals surface area contributed by atoms with Gasteiger partial charge in [0.25, 0.3) is 15.6 Å². The number of esters is 2. The minimum absolute atomic E-state index is 0.0202. The quantitative estimate of drug-likeness (QED) is 0.0248. The Morgan fingerprint density at radius 3 is 2.32 bits per heavy atom. The number of likely N-dealkylation sites (tertiary alicyclic amines) is 1. The summed E-state index contributed by atoms with van der Waals surface area (Å²) in [5.74, 6) is -4.76. The average molecular weight is 1280 g/mol. The van der Waals surface area contributed by atoms with Gasteiger partial charge >= 0.3 is 30.0 Å². The number of amides is 6. The number of aliphatic carboxylic acids is 1. The van der Waals surface area contributed by atoms with Crippen molar-refractivity contribution in [2.75, 3.05) is 33.8 Å². The van der Waals surface area contributed by atoms with E-state index in [1.807, 2.05) is 37.3 Å². The highest BCUT2D eigenvalue weighted by Crippen LogP contribution is 2.41. The number of H-pyrrole nitrogens is 1. The number of urea groups is 2. The highest BCUT2D eigenvalue weighted by atomic mass is 32.2. The number of aromatic amines is 1. The molecule has 26 nitrogen and oxygen atoms in total. The highest BCUT2D eigenvalue weighted by Gasteiger charge is 2.52. The van der Waals surface area contributed by atoms with Crippen LogP contribution < -0.4 is 47.5 Å². The number of benzene rings is 4. The van der Waals surface area contributed by atoms with Gasteiger partial charge in [0.1, 0.15) is 24.7 Å². The number of hydrogen-bond donors (Lipinski definition) is 10. The molecule has 0 bridgehead atoms. The molecule has 0 radical (unpaired) electrons. The van der Waals surface area contributed by atoms with Gasteiger partial charge in [-0.25, -0.2) is 37.6 Å². The topological polar surface area (TPSA) is 355 Å². The third-order valence-electron chi connectivity index (χ3n) is 15.9. The maximum atomic E-state index is 14.7. The summed E-state index contributed by atoms with van der Waals surface area (Å²) < 4.78 is 42.8. The molecule has 3 aromatic heterocycles. The van der Waals surface area contributed by atoms with E-state index in [1.54, 1.807) is 61.9 Å². The lowest BCUT2D eigenvalue weighted by Crippen LogP contribution is -2.57. The number of anilines is 4. The minimum atomic E-state index is -4.21. The molecule has 0 spiro atoms. The van der Waals surface area contributed by atoms with Gasteiger partial charge < -0.3 is 66.2 Å². The van der Waals surface area contributed by atoms with Crippen LogP contribution in [-0.2, 0) is 68.6 Å². The second-order valence-electron chi connectivity index (χ2n) is 22.5. The number of thiocarbonyl (C=S) groups is 1. The summed E-state index contributed by atoms with van der Waals surface area (Å²) in [5, 5.41) is 30.2. The molecular weight excluding hydrogens is 1210 g/mol. The van der Waals surface area contributed by atoms with Crippen molar-refractivity contribution in [2.45, 2.75) is 114 Å². The van der Waals surface area contributed by atoms with Crippen LogP contribution in [0.25, 0.3) is 22.3 Å². The molecule has 1 saturated heterocycles. The number of cyclic esters (lactones) is 1. The highest BCUT2D eigenvalue weighted by molar-refractivity contribution is 7.92. The SMILES string of the molecule is CCCNC(=O)Nc1cccc(S(=O)(=O)Nc2cccc(C(CC(=O)O)NC(=O)Nc3ccc(NC(=S)N[C@@H](Cc4cnc[nH]4)C(=O)N4CCC[C@H]4C(=O)N[C@H](C(=O)O[C@]4(CC)C(=O)OCc5c4cc4n(c5=O)Cc5cc6ccccc6nc5-4)C(C)C)cc3)c2)c1. The molecule has 0 aliphatic carbocycles. The number of para-hydroxylation sites is 1. The summed E-state index contributed by atoms with van der Waals surface area (Å²) in [4.78, 5) is 123. The van der Waals surface area contributed by atoms with E-state index in [0.29, 0.717) is 53.4 Å². The van der Waals surface area contributed by atoms with Crippen LogP contribution in [0.1, 0.15) is 93.8 Å². The van der Waals surface area contributed by atoms with E-state index in [-0.39, 0.29) is 77.0 Å². The number of carboxylic acid groups (broad SMARTS) is 1. The number of ether oxygens (including phenoxy) is 2. The largest absolute Gasteiger partial charge is 0.481 e. The molecule has 6 amide bonds. The minimum Gasteiger partial charge on any atom is -0.481 e. The van der Waals surface area contributed by atoms with Crippen molar-refractivity contribution in [3.05, 3.63) is 160 Å². The number of rotatable bonds is 22. The number of carbonyl (C=O) groups excluding carboxylic acids is 6. The first-order valence-electron chi connectivity index (χ1n) is 29.5. The van der Waals surface area contributed by atoms with Gasteiger partial charge in [0.15, 0.2) is 5.11 Å². The maximum Gasteiger partial charge on any atom is 0.355 e. The van der Waals surface area contributed by atoms with Gasteiger partial charge in [0.2, 0.25) is 17.4 Å². The smallest absolute Gasteiger partial charge is 0.355 e. The van der Waals surface area contributed by atoms with Crippen molar-refractivity contribution in [1.29, 1.82) is 0 Å². The number of sulfonamides is 1. The van der Waals surface area contributed by atoms with Gasteiger partial charge in [-0.2, -0.15) is 0 Å². The number of nitrogens with one attached hydrogen (secondary N) is 9. The average Bonchev–Trinajstić information content (AvgIpc) is 1.69. The van der Waals surface area contributed by atoms with Crippen LogP contribution in [0, 0.1) is 5.92 Å². The van der Waals surface area contributed by atoms with Gasteiger partial charge in [0.05, 0.1) is 52.7 Å². The molecular formula is C63H67N13O13S2. The van der Waals surface area contributed by atoms with Crippen molar-refractivity contribution in [1.82, 2.24) is 45.7 Å². The predicted molar refractivity (Wildman–Crippen MR) is 340 cm³/mol. The second kappa shape index (κ2) is 27.3. The Kier molecular flexibility index (Phi) is 19.1. The van der Waals surface area contributed by atoms with E-state index in [4.69, 9.17) is 26.7 Å². The van der Waals surface area contributed by atoms with Crippen LogP contribution in [0.3, 0.4) is 0 Å². The number of hydrogen-bond acceptors (Lipinski definition) is 15. The molecule has 1 unspecified atom stereocenters. The molecule has 10 N–H and O–H groups in total. The van der Waals surface area contributed by atoms with Crippen LogP contribution in [0.15, 0.2) is 131 Å². The number of nitrogens with zero attached hydrogens (tertiary/aromatic N) is 4. The molecule has 4 aromatic carbocycles. The standard InChI is InChI=1S/C63H67N13O13S2/c1-5-23-65-60(84)68-41-14-10-16-44(27-41)91(86,87)74-42-15-9-13-37(26-42)48(30-52(77)78)71-61(85)67-39-19-21-40(22-20-39)69-62(90)72-49(28-43-31-64-34-66-43)57(81)75-24-11-18-50(75)55(79)73-53(35(3)4)58(82)89-63(6-2)46-29-51-54-38(25-36-12-7-8-17-47(36)70-54)32-76(51)56(80)45(46)33-88-59(63)83/h7-10,12-17,19-22,25-27,29,31,34-35,48-50,53,74H,5-6,11,18,23-24,28,30,32-33H2,1-4H3,(H,64,66)(H,73,79)(H,77,78)(H2,65,68,84)(H2,67,71,85)(H2,69,72,90)/t48?,49-,50-,53-,63-/m0/s1. The molecule has 1 fully saturated rings. The monoisotopic (exact) mass is 1280 g/mol. The molecule has 3 aliphatic rings. The Bertz CT molecular complexity index is 4160. The molecule has 7 aromatic rings. The van der Waals surface area contributed by atoms with Crippen molar-refractivity contribution in [2.24, 2.45) is 5.92 Å². The zero-order chi connectivity index (χ0) is 64.7. The molecule has 5 atom stereocenters. The number of imidazole rings is 1. The molecule has 10 rings (SSSR count). The number of fused-ring (bicyclic) bond motifs is 5. The van der Waals surface area contributed by atoms with Gasteiger partial charge in [-0.15, -0.1) is 0 Å². The van der Waals surface area contributed by atoms with Crippen molar-refractivity contribution in [3.63, 3.8) is 0 Å². The molecule has 91 heavy (non-hydrogen) atoms. The first-order chi connectivity index (χ1) is 43.6. The fraction of sp³-hybridized carbons (Fsp3) is 0.317. The lowest BCUT2D eigenvalue weighted by Gasteiger charge is -2.37. The Labute approximate surface area is 527 Å². The van der Waals surface area contributed by atoms with Crippen LogP contribution in [0.2, 0.25) is 0 Å². The first kappa shape index (κ1) is 63.8. The summed E-state index contributed by atoms with van der Waals surface area (Å²) in [7, 11) is -4.21. The third kappa shape index (κ3) is 14.3. The lowest BCUT2D eigenvalue weighted by molar-refractivity contribution is -0.191. The fourth-order valence-corrected chi connectivity index (χ4v) is 12.6. The summed E-state index contributed by atoms with van der Waals surface area (Å²) in [6.07, 6.45) is 3.80. The van der Waals surface area contributed by atoms with Gasteiger partial charge in [0, 0.05) is 70.7 Å². The van der Waals surface area contributed by atoms with E-state index in [9.17, 15) is 51.9 Å². The Balaban J connectivity index is 0.771. The molecule has 0 saturated carbocycles.